The smallest absolute Gasteiger partial charge is 0.314 e. The van der Waals surface area contributed by atoms with Crippen molar-refractivity contribution in [3.05, 3.63) is 29.8 Å². The zero-order valence-corrected chi connectivity index (χ0v) is 8.71. The molecule has 1 aromatic carbocycles. The summed E-state index contributed by atoms with van der Waals surface area (Å²) in [6.45, 7) is 3.43. The minimum Gasteiger partial charge on any atom is -0.399 e. The normalized spacial score (nSPS) is 19.1. The Hall–Kier alpha value is -1.71. The quantitative estimate of drug-likeness (QED) is 0.595. The highest BCUT2D eigenvalue weighted by atomic mass is 16.2. The van der Waals surface area contributed by atoms with Crippen LogP contribution in [0.15, 0.2) is 24.3 Å². The largest absolute Gasteiger partial charge is 0.399 e. The van der Waals surface area contributed by atoms with Gasteiger partial charge in [0.25, 0.3) is 0 Å². The zero-order chi connectivity index (χ0) is 10.9. The molecule has 1 aliphatic heterocycles. The van der Waals surface area contributed by atoms with Crippen molar-refractivity contribution in [1.29, 1.82) is 0 Å². The summed E-state index contributed by atoms with van der Waals surface area (Å²) in [6.07, 6.45) is 0. The average Bonchev–Trinajstić information content (AvgIpc) is 2.24. The van der Waals surface area contributed by atoms with Crippen LogP contribution in [0, 0.1) is 0 Å². The highest BCUT2D eigenvalue weighted by Gasteiger charge is 2.31. The van der Waals surface area contributed by atoms with Crippen molar-refractivity contribution in [3.63, 3.8) is 0 Å². The highest BCUT2D eigenvalue weighted by molar-refractivity contribution is 5.75. The van der Waals surface area contributed by atoms with Gasteiger partial charge in [0.1, 0.15) is 0 Å². The molecule has 1 saturated heterocycles. The number of carbonyl (C=O) groups is 1. The lowest BCUT2D eigenvalue weighted by molar-refractivity contribution is 0.225. The van der Waals surface area contributed by atoms with E-state index in [0.29, 0.717) is 13.1 Å². The van der Waals surface area contributed by atoms with E-state index in [2.05, 4.69) is 17.6 Å². The first-order valence-corrected chi connectivity index (χ1v) is 4.98. The lowest BCUT2D eigenvalue weighted by Crippen LogP contribution is -2.55. The predicted octanol–water partition coefficient (Wildman–Crippen LogP) is 0.839. The van der Waals surface area contributed by atoms with Gasteiger partial charge in [0.05, 0.1) is 0 Å². The van der Waals surface area contributed by atoms with Gasteiger partial charge in [-0.25, -0.2) is 4.79 Å². The van der Waals surface area contributed by atoms with E-state index >= 15 is 0 Å². The molecule has 1 aromatic rings. The minimum absolute atomic E-state index is 0.0540. The molecule has 4 N–H and O–H groups in total. The van der Waals surface area contributed by atoms with E-state index in [9.17, 15) is 4.79 Å². The van der Waals surface area contributed by atoms with Crippen LogP contribution >= 0.6 is 0 Å². The van der Waals surface area contributed by atoms with Gasteiger partial charge in [-0.05, 0) is 17.7 Å². The van der Waals surface area contributed by atoms with E-state index in [-0.39, 0.29) is 11.4 Å². The maximum atomic E-state index is 11.0. The number of amides is 2. The van der Waals surface area contributed by atoms with E-state index in [1.165, 1.54) is 5.56 Å². The molecule has 2 rings (SSSR count). The Morgan fingerprint density at radius 1 is 1.20 bits per heavy atom. The Kier molecular flexibility index (Phi) is 2.26. The molecule has 80 valence electrons. The molecule has 0 unspecified atom stereocenters. The fraction of sp³-hybridized carbons (Fsp3) is 0.364. The SMILES string of the molecule is CC1(c2ccc(N)cc2)CNC(=O)NC1. The van der Waals surface area contributed by atoms with Crippen molar-refractivity contribution in [2.75, 3.05) is 18.8 Å². The van der Waals surface area contributed by atoms with Gasteiger partial charge >= 0.3 is 6.03 Å². The molecule has 1 heterocycles. The molecular weight excluding hydrogens is 190 g/mol. The zero-order valence-electron chi connectivity index (χ0n) is 8.71. The van der Waals surface area contributed by atoms with E-state index in [0.717, 1.165) is 5.69 Å². The van der Waals surface area contributed by atoms with Gasteiger partial charge in [0.15, 0.2) is 0 Å². The number of anilines is 1. The molecule has 0 aromatic heterocycles. The van der Waals surface area contributed by atoms with Gasteiger partial charge in [-0.2, -0.15) is 0 Å². The molecule has 15 heavy (non-hydrogen) atoms. The van der Waals surface area contributed by atoms with Gasteiger partial charge in [-0.3, -0.25) is 0 Å². The number of hydrogen-bond donors (Lipinski definition) is 3. The molecule has 0 bridgehead atoms. The number of rotatable bonds is 1. The van der Waals surface area contributed by atoms with Gasteiger partial charge in [0.2, 0.25) is 0 Å². The maximum absolute atomic E-state index is 11.0. The highest BCUT2D eigenvalue weighted by Crippen LogP contribution is 2.24. The Morgan fingerprint density at radius 2 is 1.73 bits per heavy atom. The van der Waals surface area contributed by atoms with Gasteiger partial charge < -0.3 is 16.4 Å². The van der Waals surface area contributed by atoms with Crippen LogP contribution in [0.5, 0.6) is 0 Å². The topological polar surface area (TPSA) is 67.1 Å². The lowest BCUT2D eigenvalue weighted by Gasteiger charge is -2.34. The molecule has 0 radical (unpaired) electrons. The molecule has 1 fully saturated rings. The van der Waals surface area contributed by atoms with Crippen LogP contribution in [0.4, 0.5) is 10.5 Å². The van der Waals surface area contributed by atoms with Crippen LogP contribution in [-0.2, 0) is 5.41 Å². The van der Waals surface area contributed by atoms with E-state index in [4.69, 9.17) is 5.73 Å². The van der Waals surface area contributed by atoms with Crippen molar-refractivity contribution in [3.8, 4) is 0 Å². The number of nitrogens with one attached hydrogen (secondary N) is 2. The number of carbonyl (C=O) groups excluding carboxylic acids is 1. The summed E-state index contributed by atoms with van der Waals surface area (Å²) in [7, 11) is 0. The second kappa shape index (κ2) is 3.46. The predicted molar refractivity (Wildman–Crippen MR) is 59.6 cm³/mol. The average molecular weight is 205 g/mol. The summed E-state index contributed by atoms with van der Waals surface area (Å²) in [5.74, 6) is 0. The van der Waals surface area contributed by atoms with Crippen LogP contribution in [0.1, 0.15) is 12.5 Å². The number of nitrogen functional groups attached to an aromatic ring is 1. The summed E-state index contributed by atoms with van der Waals surface area (Å²) in [6, 6.07) is 7.69. The Morgan fingerprint density at radius 3 is 2.27 bits per heavy atom. The first-order valence-electron chi connectivity index (χ1n) is 4.98. The Labute approximate surface area is 88.9 Å². The lowest BCUT2D eigenvalue weighted by atomic mass is 9.81. The standard InChI is InChI=1S/C11H15N3O/c1-11(6-13-10(15)14-7-11)8-2-4-9(12)5-3-8/h2-5H,6-7,12H2,1H3,(H2,13,14,15). The third-order valence-electron chi connectivity index (χ3n) is 2.89. The molecule has 0 atom stereocenters. The molecule has 1 aliphatic rings. The second-order valence-corrected chi connectivity index (χ2v) is 4.22. The van der Waals surface area contributed by atoms with Crippen molar-refractivity contribution in [2.45, 2.75) is 12.3 Å². The summed E-state index contributed by atoms with van der Waals surface area (Å²) >= 11 is 0. The third kappa shape index (κ3) is 1.88. The Balaban J connectivity index is 2.22. The molecule has 2 amide bonds. The number of nitrogens with two attached hydrogens (primary N) is 1. The molecule has 0 saturated carbocycles. The molecule has 4 nitrogen and oxygen atoms in total. The van der Waals surface area contributed by atoms with Crippen LogP contribution < -0.4 is 16.4 Å². The first kappa shape index (κ1) is 9.83. The van der Waals surface area contributed by atoms with Gasteiger partial charge in [-0.15, -0.1) is 0 Å². The van der Waals surface area contributed by atoms with Gasteiger partial charge in [-0.1, -0.05) is 19.1 Å². The summed E-state index contributed by atoms with van der Waals surface area (Å²) in [4.78, 5) is 11.0. The summed E-state index contributed by atoms with van der Waals surface area (Å²) < 4.78 is 0. The van der Waals surface area contributed by atoms with E-state index < -0.39 is 0 Å². The van der Waals surface area contributed by atoms with Crippen LogP contribution in [0.25, 0.3) is 0 Å². The molecule has 0 aliphatic carbocycles. The molecule has 4 heteroatoms. The van der Waals surface area contributed by atoms with Crippen LogP contribution in [0.3, 0.4) is 0 Å². The van der Waals surface area contributed by atoms with Crippen molar-refractivity contribution in [1.82, 2.24) is 10.6 Å². The van der Waals surface area contributed by atoms with E-state index in [1.54, 1.807) is 0 Å². The third-order valence-corrected chi connectivity index (χ3v) is 2.89. The second-order valence-electron chi connectivity index (χ2n) is 4.22. The fourth-order valence-electron chi connectivity index (χ4n) is 1.77. The van der Waals surface area contributed by atoms with Crippen molar-refractivity contribution in [2.24, 2.45) is 0 Å². The first-order chi connectivity index (χ1) is 7.10. The monoisotopic (exact) mass is 205 g/mol. The van der Waals surface area contributed by atoms with E-state index in [1.807, 2.05) is 24.3 Å². The van der Waals surface area contributed by atoms with Gasteiger partial charge in [0, 0.05) is 24.2 Å². The summed E-state index contributed by atoms with van der Waals surface area (Å²) in [5.41, 5.74) is 7.53. The molecular formula is C11H15N3O. The molecule has 0 spiro atoms. The van der Waals surface area contributed by atoms with Crippen LogP contribution in [0.2, 0.25) is 0 Å². The van der Waals surface area contributed by atoms with Crippen molar-refractivity contribution < 1.29 is 4.79 Å². The summed E-state index contributed by atoms with van der Waals surface area (Å²) in [5, 5.41) is 5.61. The fourth-order valence-corrected chi connectivity index (χ4v) is 1.77. The van der Waals surface area contributed by atoms with Crippen molar-refractivity contribution >= 4 is 11.7 Å². The number of urea groups is 1. The number of hydrogen-bond acceptors (Lipinski definition) is 2. The maximum Gasteiger partial charge on any atom is 0.314 e. The Bertz CT molecular complexity index is 362. The minimum atomic E-state index is -0.0945. The van der Waals surface area contributed by atoms with Crippen LogP contribution in [-0.4, -0.2) is 19.1 Å². The number of benzene rings is 1.